The number of hydrogen-bond donors (Lipinski definition) is 1. The van der Waals surface area contributed by atoms with E-state index >= 15 is 0 Å². The van der Waals surface area contributed by atoms with Gasteiger partial charge < -0.3 is 5.32 Å². The van der Waals surface area contributed by atoms with Crippen LogP contribution in [0, 0.1) is 17.8 Å². The van der Waals surface area contributed by atoms with E-state index in [0.29, 0.717) is 17.9 Å². The smallest absolute Gasteiger partial charge is 0.224 e. The number of carbonyl (C=O) groups excluding carboxylic acids is 2. The van der Waals surface area contributed by atoms with E-state index in [9.17, 15) is 9.59 Å². The molecule has 1 aromatic rings. The Morgan fingerprint density at radius 1 is 1.15 bits per heavy atom. The molecule has 2 bridgehead atoms. The first-order valence-electron chi connectivity index (χ1n) is 7.52. The van der Waals surface area contributed by atoms with Crippen LogP contribution in [-0.4, -0.2) is 11.7 Å². The fourth-order valence-electron chi connectivity index (χ4n) is 3.86. The zero-order chi connectivity index (χ0) is 14.1. The molecule has 3 atom stereocenters. The number of anilines is 1. The van der Waals surface area contributed by atoms with Crippen molar-refractivity contribution in [3.8, 4) is 0 Å². The van der Waals surface area contributed by atoms with Gasteiger partial charge in [-0.2, -0.15) is 0 Å². The van der Waals surface area contributed by atoms with Crippen LogP contribution in [0.15, 0.2) is 24.3 Å². The van der Waals surface area contributed by atoms with Crippen molar-refractivity contribution in [3.05, 3.63) is 29.8 Å². The molecule has 0 radical (unpaired) electrons. The summed E-state index contributed by atoms with van der Waals surface area (Å²) >= 11 is 0. The van der Waals surface area contributed by atoms with Crippen LogP contribution in [0.25, 0.3) is 0 Å². The van der Waals surface area contributed by atoms with Gasteiger partial charge in [-0.05, 0) is 68.2 Å². The van der Waals surface area contributed by atoms with Crippen LogP contribution in [0.3, 0.4) is 0 Å². The first-order valence-corrected chi connectivity index (χ1v) is 7.52. The van der Waals surface area contributed by atoms with Gasteiger partial charge in [0.2, 0.25) is 5.91 Å². The Kier molecular flexibility index (Phi) is 3.60. The molecule has 0 aliphatic heterocycles. The Labute approximate surface area is 119 Å². The SMILES string of the molecule is CC(=O)c1ccc(NC(=O)C[C@@H]2C[C@@H]3CC[C@@H]2C3)cc1. The molecule has 1 aromatic carbocycles. The molecular weight excluding hydrogens is 250 g/mol. The highest BCUT2D eigenvalue weighted by Gasteiger charge is 2.40. The summed E-state index contributed by atoms with van der Waals surface area (Å²) in [7, 11) is 0. The maximum absolute atomic E-state index is 12.1. The molecule has 1 N–H and O–H groups in total. The van der Waals surface area contributed by atoms with E-state index in [0.717, 1.165) is 17.5 Å². The van der Waals surface area contributed by atoms with Crippen LogP contribution >= 0.6 is 0 Å². The molecule has 0 aromatic heterocycles. The van der Waals surface area contributed by atoms with E-state index in [2.05, 4.69) is 5.32 Å². The fourth-order valence-corrected chi connectivity index (χ4v) is 3.86. The number of benzene rings is 1. The Morgan fingerprint density at radius 3 is 2.45 bits per heavy atom. The van der Waals surface area contributed by atoms with Crippen molar-refractivity contribution in [2.75, 3.05) is 5.32 Å². The number of hydrogen-bond acceptors (Lipinski definition) is 2. The van der Waals surface area contributed by atoms with Crippen LogP contribution in [0.5, 0.6) is 0 Å². The molecule has 1 amide bonds. The normalized spacial score (nSPS) is 27.6. The van der Waals surface area contributed by atoms with Crippen LogP contribution in [-0.2, 0) is 4.79 Å². The topological polar surface area (TPSA) is 46.2 Å². The first kappa shape index (κ1) is 13.3. The Hall–Kier alpha value is -1.64. The standard InChI is InChI=1S/C17H21NO2/c1-11(19)13-4-6-16(7-5-13)18-17(20)10-15-9-12-2-3-14(15)8-12/h4-7,12,14-15H,2-3,8-10H2,1H3,(H,18,20)/t12-,14-,15+/m1/s1. The molecule has 2 fully saturated rings. The van der Waals surface area contributed by atoms with E-state index < -0.39 is 0 Å². The van der Waals surface area contributed by atoms with E-state index in [1.54, 1.807) is 31.2 Å². The van der Waals surface area contributed by atoms with Gasteiger partial charge in [-0.1, -0.05) is 6.42 Å². The second-order valence-corrected chi connectivity index (χ2v) is 6.32. The maximum Gasteiger partial charge on any atom is 0.224 e. The minimum atomic E-state index is 0.0462. The Bertz CT molecular complexity index is 520. The lowest BCUT2D eigenvalue weighted by molar-refractivity contribution is -0.117. The van der Waals surface area contributed by atoms with Crippen LogP contribution < -0.4 is 5.32 Å². The van der Waals surface area contributed by atoms with Crippen molar-refractivity contribution in [2.24, 2.45) is 17.8 Å². The zero-order valence-electron chi connectivity index (χ0n) is 11.9. The van der Waals surface area contributed by atoms with Crippen molar-refractivity contribution in [1.82, 2.24) is 0 Å². The fraction of sp³-hybridized carbons (Fsp3) is 0.529. The molecule has 2 saturated carbocycles. The van der Waals surface area contributed by atoms with Gasteiger partial charge in [0.25, 0.3) is 0 Å². The quantitative estimate of drug-likeness (QED) is 0.850. The van der Waals surface area contributed by atoms with Gasteiger partial charge in [0.15, 0.2) is 5.78 Å². The third kappa shape index (κ3) is 2.77. The highest BCUT2D eigenvalue weighted by Crippen LogP contribution is 2.49. The van der Waals surface area contributed by atoms with Crippen LogP contribution in [0.1, 0.15) is 49.4 Å². The zero-order valence-corrected chi connectivity index (χ0v) is 11.9. The van der Waals surface area contributed by atoms with Gasteiger partial charge in [-0.15, -0.1) is 0 Å². The summed E-state index contributed by atoms with van der Waals surface area (Å²) in [5.74, 6) is 2.41. The lowest BCUT2D eigenvalue weighted by Crippen LogP contribution is -2.20. The summed E-state index contributed by atoms with van der Waals surface area (Å²) in [5, 5.41) is 2.94. The molecule has 0 spiro atoms. The van der Waals surface area contributed by atoms with E-state index in [-0.39, 0.29) is 11.7 Å². The Balaban J connectivity index is 1.55. The number of carbonyl (C=O) groups is 2. The largest absolute Gasteiger partial charge is 0.326 e. The van der Waals surface area contributed by atoms with Crippen molar-refractivity contribution >= 4 is 17.4 Å². The summed E-state index contributed by atoms with van der Waals surface area (Å²) < 4.78 is 0. The molecule has 3 rings (SSSR count). The molecule has 3 nitrogen and oxygen atoms in total. The molecule has 0 unspecified atom stereocenters. The van der Waals surface area contributed by atoms with E-state index in [1.807, 2.05) is 0 Å². The highest BCUT2D eigenvalue weighted by atomic mass is 16.1. The lowest BCUT2D eigenvalue weighted by Gasteiger charge is -2.20. The minimum absolute atomic E-state index is 0.0462. The van der Waals surface area contributed by atoms with Gasteiger partial charge >= 0.3 is 0 Å². The molecule has 3 heteroatoms. The predicted molar refractivity (Wildman–Crippen MR) is 78.6 cm³/mol. The molecule has 20 heavy (non-hydrogen) atoms. The van der Waals surface area contributed by atoms with Gasteiger partial charge in [0.05, 0.1) is 0 Å². The second kappa shape index (κ2) is 5.39. The highest BCUT2D eigenvalue weighted by molar-refractivity contribution is 5.95. The maximum atomic E-state index is 12.1. The number of amides is 1. The molecular formula is C17H21NO2. The number of rotatable bonds is 4. The molecule has 106 valence electrons. The van der Waals surface area contributed by atoms with E-state index in [4.69, 9.17) is 0 Å². The summed E-state index contributed by atoms with van der Waals surface area (Å²) in [6, 6.07) is 7.12. The van der Waals surface area contributed by atoms with Crippen molar-refractivity contribution in [1.29, 1.82) is 0 Å². The summed E-state index contributed by atoms with van der Waals surface area (Å²) in [6.07, 6.45) is 5.91. The number of ketones is 1. The lowest BCUT2D eigenvalue weighted by atomic mass is 9.86. The summed E-state index contributed by atoms with van der Waals surface area (Å²) in [6.45, 7) is 1.54. The summed E-state index contributed by atoms with van der Waals surface area (Å²) in [4.78, 5) is 23.3. The van der Waals surface area contributed by atoms with Crippen LogP contribution in [0.2, 0.25) is 0 Å². The number of Topliss-reactive ketones (excluding diaryl/α,β-unsaturated/α-hetero) is 1. The van der Waals surface area contributed by atoms with Crippen molar-refractivity contribution < 1.29 is 9.59 Å². The van der Waals surface area contributed by atoms with Crippen molar-refractivity contribution in [2.45, 2.75) is 39.0 Å². The molecule has 2 aliphatic carbocycles. The Morgan fingerprint density at radius 2 is 1.90 bits per heavy atom. The molecule has 0 heterocycles. The average molecular weight is 271 g/mol. The number of fused-ring (bicyclic) bond motifs is 2. The monoisotopic (exact) mass is 271 g/mol. The molecule has 2 aliphatic rings. The third-order valence-electron chi connectivity index (χ3n) is 4.91. The van der Waals surface area contributed by atoms with Gasteiger partial charge in [-0.3, -0.25) is 9.59 Å². The van der Waals surface area contributed by atoms with Crippen molar-refractivity contribution in [3.63, 3.8) is 0 Å². The predicted octanol–water partition coefficient (Wildman–Crippen LogP) is 3.65. The minimum Gasteiger partial charge on any atom is -0.326 e. The third-order valence-corrected chi connectivity index (χ3v) is 4.91. The van der Waals surface area contributed by atoms with Crippen LogP contribution in [0.4, 0.5) is 5.69 Å². The van der Waals surface area contributed by atoms with Gasteiger partial charge in [0, 0.05) is 17.7 Å². The van der Waals surface area contributed by atoms with Gasteiger partial charge in [-0.25, -0.2) is 0 Å². The first-order chi connectivity index (χ1) is 9.61. The molecule has 0 saturated heterocycles. The number of nitrogens with one attached hydrogen (secondary N) is 1. The second-order valence-electron chi connectivity index (χ2n) is 6.32. The van der Waals surface area contributed by atoms with E-state index in [1.165, 1.54) is 25.7 Å². The average Bonchev–Trinajstić information content (AvgIpc) is 3.01. The summed E-state index contributed by atoms with van der Waals surface area (Å²) in [5.41, 5.74) is 1.46. The van der Waals surface area contributed by atoms with Gasteiger partial charge in [0.1, 0.15) is 0 Å².